The van der Waals surface area contributed by atoms with Crippen LogP contribution in [0, 0.1) is 0 Å². The van der Waals surface area contributed by atoms with E-state index in [1.54, 1.807) is 7.11 Å². The first-order valence-corrected chi connectivity index (χ1v) is 11.5. The maximum atomic E-state index is 12.6. The number of rotatable bonds is 8. The summed E-state index contributed by atoms with van der Waals surface area (Å²) in [7, 11) is -1.86. The van der Waals surface area contributed by atoms with Crippen molar-refractivity contribution in [3.63, 3.8) is 0 Å². The normalized spacial score (nSPS) is 13.5. The number of nitrogens with zero attached hydrogens (tertiary/aromatic N) is 1. The molecule has 0 aliphatic heterocycles. The standard InChI is InChI=1S/C18H24N2O5S2/c1-20(2)18(14-6-5-7-15(12-14)25-3)13-19-27(23,24)17-10-8-16(9-11-17)26(4,21)22/h5-12,18-19H,13H2,1-4H3/t18-/m0/s1. The molecule has 0 fully saturated rings. The van der Waals surface area contributed by atoms with Gasteiger partial charge in [-0.1, -0.05) is 12.1 Å². The van der Waals surface area contributed by atoms with Crippen molar-refractivity contribution in [3.05, 3.63) is 54.1 Å². The van der Waals surface area contributed by atoms with Crippen LogP contribution in [0.1, 0.15) is 11.6 Å². The summed E-state index contributed by atoms with van der Waals surface area (Å²) in [4.78, 5) is 1.99. The highest BCUT2D eigenvalue weighted by Gasteiger charge is 2.20. The Hall–Kier alpha value is -1.94. The maximum absolute atomic E-state index is 12.6. The molecular weight excluding hydrogens is 388 g/mol. The highest BCUT2D eigenvalue weighted by atomic mass is 32.2. The minimum Gasteiger partial charge on any atom is -0.497 e. The minimum atomic E-state index is -3.78. The Balaban J connectivity index is 2.20. The number of sulfonamides is 1. The molecule has 0 radical (unpaired) electrons. The molecule has 0 aliphatic carbocycles. The summed E-state index contributed by atoms with van der Waals surface area (Å²) in [6.45, 7) is 0.149. The van der Waals surface area contributed by atoms with Gasteiger partial charge in [-0.3, -0.25) is 0 Å². The first-order chi connectivity index (χ1) is 12.5. The molecule has 0 saturated carbocycles. The summed E-state index contributed by atoms with van der Waals surface area (Å²) in [5, 5.41) is 0. The lowest BCUT2D eigenvalue weighted by atomic mass is 10.1. The highest BCUT2D eigenvalue weighted by molar-refractivity contribution is 7.90. The van der Waals surface area contributed by atoms with Gasteiger partial charge in [0.25, 0.3) is 0 Å². The van der Waals surface area contributed by atoms with Gasteiger partial charge in [-0.05, 0) is 56.1 Å². The Labute approximate surface area is 160 Å². The van der Waals surface area contributed by atoms with E-state index in [1.165, 1.54) is 24.3 Å². The molecule has 1 N–H and O–H groups in total. The van der Waals surface area contributed by atoms with Crippen LogP contribution in [0.15, 0.2) is 58.3 Å². The number of nitrogens with one attached hydrogen (secondary N) is 1. The van der Waals surface area contributed by atoms with Crippen LogP contribution in [0.3, 0.4) is 0 Å². The van der Waals surface area contributed by atoms with E-state index in [0.717, 1.165) is 11.8 Å². The predicted molar refractivity (Wildman–Crippen MR) is 104 cm³/mol. The van der Waals surface area contributed by atoms with Crippen molar-refractivity contribution >= 4 is 19.9 Å². The van der Waals surface area contributed by atoms with Crippen molar-refractivity contribution in [1.29, 1.82) is 0 Å². The van der Waals surface area contributed by atoms with Gasteiger partial charge in [0.15, 0.2) is 9.84 Å². The van der Waals surface area contributed by atoms with E-state index in [-0.39, 0.29) is 22.4 Å². The Bertz CT molecular complexity index is 985. The molecule has 148 valence electrons. The molecule has 0 unspecified atom stereocenters. The van der Waals surface area contributed by atoms with E-state index in [9.17, 15) is 16.8 Å². The first-order valence-electron chi connectivity index (χ1n) is 8.15. The van der Waals surface area contributed by atoms with Gasteiger partial charge in [0.1, 0.15) is 5.75 Å². The van der Waals surface area contributed by atoms with E-state index in [4.69, 9.17) is 4.74 Å². The monoisotopic (exact) mass is 412 g/mol. The number of sulfone groups is 1. The first kappa shape index (κ1) is 21.4. The van der Waals surface area contributed by atoms with E-state index in [2.05, 4.69) is 4.72 Å². The Morgan fingerprint density at radius 1 is 1.00 bits per heavy atom. The van der Waals surface area contributed by atoms with Crippen LogP contribution in [-0.2, 0) is 19.9 Å². The summed E-state index contributed by atoms with van der Waals surface area (Å²) in [5.74, 6) is 0.693. The van der Waals surface area contributed by atoms with Gasteiger partial charge in [-0.2, -0.15) is 0 Å². The molecule has 0 aliphatic rings. The fraction of sp³-hybridized carbons (Fsp3) is 0.333. The van der Waals surface area contributed by atoms with Crippen LogP contribution in [0.25, 0.3) is 0 Å². The molecule has 9 heteroatoms. The molecule has 2 rings (SSSR count). The molecule has 0 saturated heterocycles. The van der Waals surface area contributed by atoms with Crippen molar-refractivity contribution in [2.24, 2.45) is 0 Å². The Morgan fingerprint density at radius 2 is 1.59 bits per heavy atom. The van der Waals surface area contributed by atoms with Gasteiger partial charge in [0.2, 0.25) is 10.0 Å². The second-order valence-electron chi connectivity index (χ2n) is 6.35. The van der Waals surface area contributed by atoms with Crippen LogP contribution < -0.4 is 9.46 Å². The number of ether oxygens (including phenoxy) is 1. The number of methoxy groups -OCH3 is 1. The van der Waals surface area contributed by atoms with Crippen molar-refractivity contribution < 1.29 is 21.6 Å². The quantitative estimate of drug-likeness (QED) is 0.709. The zero-order chi connectivity index (χ0) is 20.2. The SMILES string of the molecule is COc1cccc([C@H](CNS(=O)(=O)c2ccc(S(C)(=O)=O)cc2)N(C)C)c1. The highest BCUT2D eigenvalue weighted by Crippen LogP contribution is 2.23. The topological polar surface area (TPSA) is 92.8 Å². The van der Waals surface area contributed by atoms with Gasteiger partial charge in [-0.25, -0.2) is 21.6 Å². The molecule has 0 heterocycles. The molecule has 2 aromatic carbocycles. The second kappa shape index (κ2) is 8.39. The summed E-state index contributed by atoms with van der Waals surface area (Å²) in [6, 6.07) is 12.4. The number of benzene rings is 2. The zero-order valence-electron chi connectivity index (χ0n) is 15.7. The van der Waals surface area contributed by atoms with Crippen molar-refractivity contribution in [3.8, 4) is 5.75 Å². The Kier molecular flexibility index (Phi) is 6.63. The molecule has 0 aromatic heterocycles. The fourth-order valence-corrected chi connectivity index (χ4v) is 4.25. The summed E-state index contributed by atoms with van der Waals surface area (Å²) >= 11 is 0. The lowest BCUT2D eigenvalue weighted by Gasteiger charge is -2.25. The zero-order valence-corrected chi connectivity index (χ0v) is 17.3. The molecular formula is C18H24N2O5S2. The van der Waals surface area contributed by atoms with Gasteiger partial charge in [0.05, 0.1) is 16.9 Å². The fourth-order valence-electron chi connectivity index (χ4n) is 2.59. The second-order valence-corrected chi connectivity index (χ2v) is 10.1. The molecule has 27 heavy (non-hydrogen) atoms. The van der Waals surface area contributed by atoms with Crippen LogP contribution >= 0.6 is 0 Å². The predicted octanol–water partition coefficient (Wildman–Crippen LogP) is 1.68. The van der Waals surface area contributed by atoms with Crippen LogP contribution in [0.4, 0.5) is 0 Å². The summed E-state index contributed by atoms with van der Waals surface area (Å²) in [6.07, 6.45) is 1.07. The van der Waals surface area contributed by atoms with Gasteiger partial charge < -0.3 is 9.64 Å². The number of likely N-dealkylation sites (N-methyl/N-ethyl adjacent to an activating group) is 1. The average Bonchev–Trinajstić information content (AvgIpc) is 2.61. The molecule has 0 amide bonds. The van der Waals surface area contributed by atoms with E-state index in [1.807, 2.05) is 43.3 Å². The average molecular weight is 413 g/mol. The summed E-state index contributed by atoms with van der Waals surface area (Å²) < 4.78 is 56.0. The van der Waals surface area contributed by atoms with Crippen LogP contribution in [0.5, 0.6) is 5.75 Å². The van der Waals surface area contributed by atoms with Crippen molar-refractivity contribution in [2.75, 3.05) is 34.0 Å². The largest absolute Gasteiger partial charge is 0.497 e. The van der Waals surface area contributed by atoms with Crippen molar-refractivity contribution in [2.45, 2.75) is 15.8 Å². The molecule has 2 aromatic rings. The minimum absolute atomic E-state index is 0.0121. The third-order valence-electron chi connectivity index (χ3n) is 4.13. The molecule has 0 spiro atoms. The smallest absolute Gasteiger partial charge is 0.240 e. The van der Waals surface area contributed by atoms with Crippen LogP contribution in [-0.4, -0.2) is 55.7 Å². The van der Waals surface area contributed by atoms with Gasteiger partial charge >= 0.3 is 0 Å². The third kappa shape index (κ3) is 5.52. The van der Waals surface area contributed by atoms with Crippen LogP contribution in [0.2, 0.25) is 0 Å². The van der Waals surface area contributed by atoms with Crippen molar-refractivity contribution in [1.82, 2.24) is 9.62 Å². The molecule has 1 atom stereocenters. The molecule has 7 nitrogen and oxygen atoms in total. The molecule has 0 bridgehead atoms. The van der Waals surface area contributed by atoms with Gasteiger partial charge in [0, 0.05) is 18.8 Å². The lowest BCUT2D eigenvalue weighted by Crippen LogP contribution is -2.34. The third-order valence-corrected chi connectivity index (χ3v) is 6.70. The number of hydrogen-bond donors (Lipinski definition) is 1. The van der Waals surface area contributed by atoms with E-state index < -0.39 is 19.9 Å². The van der Waals surface area contributed by atoms with Gasteiger partial charge in [-0.15, -0.1) is 0 Å². The summed E-state index contributed by atoms with van der Waals surface area (Å²) in [5.41, 5.74) is 0.912. The Morgan fingerprint density at radius 3 is 2.11 bits per heavy atom. The van der Waals surface area contributed by atoms with E-state index in [0.29, 0.717) is 5.75 Å². The lowest BCUT2D eigenvalue weighted by molar-refractivity contribution is 0.298. The maximum Gasteiger partial charge on any atom is 0.240 e. The number of hydrogen-bond acceptors (Lipinski definition) is 6. The van der Waals surface area contributed by atoms with E-state index >= 15 is 0 Å².